The van der Waals surface area contributed by atoms with Gasteiger partial charge in [0, 0.05) is 11.8 Å². The maximum atomic E-state index is 11.9. The van der Waals surface area contributed by atoms with E-state index < -0.39 is 17.8 Å². The predicted octanol–water partition coefficient (Wildman–Crippen LogP) is 1.19. The molecule has 0 atom stereocenters. The van der Waals surface area contributed by atoms with Crippen molar-refractivity contribution in [1.82, 2.24) is 16.2 Å². The van der Waals surface area contributed by atoms with Crippen LogP contribution in [0.5, 0.6) is 5.75 Å². The van der Waals surface area contributed by atoms with Gasteiger partial charge in [0.2, 0.25) is 5.91 Å². The third-order valence-corrected chi connectivity index (χ3v) is 3.66. The van der Waals surface area contributed by atoms with Gasteiger partial charge in [-0.3, -0.25) is 25.2 Å². The molecule has 2 aromatic carbocycles. The number of fused-ring (bicyclic) bond motifs is 1. The Morgan fingerprint density at radius 2 is 1.70 bits per heavy atom. The van der Waals surface area contributed by atoms with Crippen molar-refractivity contribution in [1.29, 1.82) is 0 Å². The Kier molecular flexibility index (Phi) is 7.50. The lowest BCUT2D eigenvalue weighted by molar-refractivity contribution is -0.142. The third-order valence-electron chi connectivity index (χ3n) is 3.46. The normalized spacial score (nSPS) is 9.96. The minimum absolute atomic E-state index is 0.0593. The molecule has 3 N–H and O–H groups in total. The van der Waals surface area contributed by atoms with E-state index in [0.29, 0.717) is 5.75 Å². The van der Waals surface area contributed by atoms with Crippen LogP contribution in [0.3, 0.4) is 0 Å². The van der Waals surface area contributed by atoms with Crippen molar-refractivity contribution >= 4 is 45.9 Å². The van der Waals surface area contributed by atoms with Crippen LogP contribution in [0, 0.1) is 0 Å². The number of carbonyl (C=O) groups excluding carboxylic acids is 3. The lowest BCUT2D eigenvalue weighted by Crippen LogP contribution is -2.49. The van der Waals surface area contributed by atoms with Gasteiger partial charge < -0.3 is 14.8 Å². The fraction of sp³-hybridized carbons (Fsp3) is 0.222. The highest BCUT2D eigenvalue weighted by atomic mass is 32.1. The van der Waals surface area contributed by atoms with Crippen molar-refractivity contribution in [2.75, 3.05) is 13.7 Å². The maximum Gasteiger partial charge on any atom is 0.306 e. The highest BCUT2D eigenvalue weighted by Crippen LogP contribution is 2.24. The van der Waals surface area contributed by atoms with Crippen LogP contribution in [-0.4, -0.2) is 36.6 Å². The van der Waals surface area contributed by atoms with Gasteiger partial charge in [0.05, 0.1) is 13.5 Å². The Morgan fingerprint density at radius 3 is 2.48 bits per heavy atom. The Morgan fingerprint density at radius 1 is 0.963 bits per heavy atom. The molecule has 0 bridgehead atoms. The predicted molar refractivity (Wildman–Crippen MR) is 103 cm³/mol. The van der Waals surface area contributed by atoms with Gasteiger partial charge in [-0.1, -0.05) is 36.4 Å². The first kappa shape index (κ1) is 20.1. The SMILES string of the molecule is COC(=O)CCC(=O)NC(=S)NNC(=O)COc1cccc2ccccc12. The number of esters is 1. The molecule has 2 rings (SSSR count). The topological polar surface area (TPSA) is 106 Å². The van der Waals surface area contributed by atoms with Gasteiger partial charge in [0.25, 0.3) is 5.91 Å². The number of hydrogen-bond donors (Lipinski definition) is 3. The summed E-state index contributed by atoms with van der Waals surface area (Å²) in [5.74, 6) is -0.863. The van der Waals surface area contributed by atoms with Gasteiger partial charge in [0.15, 0.2) is 11.7 Å². The number of thiocarbonyl (C=S) groups is 1. The van der Waals surface area contributed by atoms with Gasteiger partial charge in [-0.2, -0.15) is 0 Å². The first-order chi connectivity index (χ1) is 13.0. The second-order valence-electron chi connectivity index (χ2n) is 5.39. The molecule has 2 aromatic rings. The van der Waals surface area contributed by atoms with Crippen LogP contribution in [-0.2, 0) is 19.1 Å². The number of methoxy groups -OCH3 is 1. The average molecular weight is 389 g/mol. The summed E-state index contributed by atoms with van der Waals surface area (Å²) in [5.41, 5.74) is 4.71. The first-order valence-electron chi connectivity index (χ1n) is 8.05. The van der Waals surface area contributed by atoms with Crippen LogP contribution in [0.4, 0.5) is 0 Å². The molecule has 0 saturated heterocycles. The quantitative estimate of drug-likeness (QED) is 0.387. The molecule has 8 nitrogen and oxygen atoms in total. The van der Waals surface area contributed by atoms with Crippen molar-refractivity contribution < 1.29 is 23.9 Å². The largest absolute Gasteiger partial charge is 0.483 e. The van der Waals surface area contributed by atoms with Crippen molar-refractivity contribution in [2.24, 2.45) is 0 Å². The summed E-state index contributed by atoms with van der Waals surface area (Å²) in [6, 6.07) is 13.2. The summed E-state index contributed by atoms with van der Waals surface area (Å²) in [4.78, 5) is 34.4. The maximum absolute atomic E-state index is 11.9. The van der Waals surface area contributed by atoms with Crippen LogP contribution in [0.25, 0.3) is 10.8 Å². The molecule has 2 amide bonds. The van der Waals surface area contributed by atoms with E-state index in [1.54, 1.807) is 6.07 Å². The summed E-state index contributed by atoms with van der Waals surface area (Å²) in [5, 5.41) is 4.14. The van der Waals surface area contributed by atoms with Gasteiger partial charge in [-0.25, -0.2) is 0 Å². The zero-order chi connectivity index (χ0) is 19.6. The number of rotatable bonds is 6. The van der Waals surface area contributed by atoms with E-state index in [0.717, 1.165) is 10.8 Å². The Hall–Kier alpha value is -3.20. The van der Waals surface area contributed by atoms with Crippen LogP contribution in [0.15, 0.2) is 42.5 Å². The van der Waals surface area contributed by atoms with E-state index >= 15 is 0 Å². The molecular formula is C18H19N3O5S. The van der Waals surface area contributed by atoms with E-state index in [9.17, 15) is 14.4 Å². The molecule has 0 aliphatic carbocycles. The van der Waals surface area contributed by atoms with E-state index in [1.807, 2.05) is 36.4 Å². The number of hydrazine groups is 1. The summed E-state index contributed by atoms with van der Waals surface area (Å²) >= 11 is 4.88. The lowest BCUT2D eigenvalue weighted by Gasteiger charge is -2.12. The van der Waals surface area contributed by atoms with Crippen LogP contribution in [0.2, 0.25) is 0 Å². The molecule has 0 heterocycles. The smallest absolute Gasteiger partial charge is 0.306 e. The van der Waals surface area contributed by atoms with Crippen molar-refractivity contribution in [3.63, 3.8) is 0 Å². The molecule has 0 spiro atoms. The van der Waals surface area contributed by atoms with Crippen molar-refractivity contribution in [3.05, 3.63) is 42.5 Å². The van der Waals surface area contributed by atoms with Crippen LogP contribution >= 0.6 is 12.2 Å². The Balaban J connectivity index is 1.73. The molecule has 27 heavy (non-hydrogen) atoms. The van der Waals surface area contributed by atoms with E-state index in [2.05, 4.69) is 20.9 Å². The summed E-state index contributed by atoms with van der Waals surface area (Å²) in [7, 11) is 1.24. The zero-order valence-corrected chi connectivity index (χ0v) is 15.4. The zero-order valence-electron chi connectivity index (χ0n) is 14.6. The molecule has 0 aliphatic heterocycles. The number of benzene rings is 2. The number of nitrogens with one attached hydrogen (secondary N) is 3. The highest BCUT2D eigenvalue weighted by molar-refractivity contribution is 7.80. The van der Waals surface area contributed by atoms with Gasteiger partial charge >= 0.3 is 5.97 Å². The average Bonchev–Trinajstić information content (AvgIpc) is 2.68. The first-order valence-corrected chi connectivity index (χ1v) is 8.46. The molecular weight excluding hydrogens is 370 g/mol. The fourth-order valence-electron chi connectivity index (χ4n) is 2.17. The van der Waals surface area contributed by atoms with Gasteiger partial charge in [-0.05, 0) is 23.7 Å². The minimum atomic E-state index is -0.497. The Labute approximate surface area is 161 Å². The number of ether oxygens (including phenoxy) is 2. The van der Waals surface area contributed by atoms with E-state index in [1.165, 1.54) is 7.11 Å². The van der Waals surface area contributed by atoms with E-state index in [-0.39, 0.29) is 24.6 Å². The number of carbonyl (C=O) groups is 3. The highest BCUT2D eigenvalue weighted by Gasteiger charge is 2.10. The molecule has 0 aromatic heterocycles. The van der Waals surface area contributed by atoms with E-state index in [4.69, 9.17) is 17.0 Å². The molecule has 0 fully saturated rings. The molecule has 9 heteroatoms. The fourth-order valence-corrected chi connectivity index (χ4v) is 2.33. The molecule has 0 radical (unpaired) electrons. The third kappa shape index (κ3) is 6.55. The lowest BCUT2D eigenvalue weighted by atomic mass is 10.1. The monoisotopic (exact) mass is 389 g/mol. The molecule has 0 saturated carbocycles. The summed E-state index contributed by atoms with van der Waals surface area (Å²) in [6.45, 7) is -0.236. The second-order valence-corrected chi connectivity index (χ2v) is 5.80. The standard InChI is InChI=1S/C18H19N3O5S/c1-25-17(24)10-9-15(22)19-18(27)21-20-16(23)11-26-14-8-4-6-12-5-2-3-7-13(12)14/h2-8H,9-11H2,1H3,(H,20,23)(H2,19,21,22,27). The number of hydrogen-bond acceptors (Lipinski definition) is 6. The van der Waals surface area contributed by atoms with Gasteiger partial charge in [-0.15, -0.1) is 0 Å². The summed E-state index contributed by atoms with van der Waals surface area (Å²) in [6.07, 6.45) is -0.136. The van der Waals surface area contributed by atoms with Crippen molar-refractivity contribution in [3.8, 4) is 5.75 Å². The second kappa shape index (κ2) is 10.1. The molecule has 0 aliphatic rings. The molecule has 142 valence electrons. The minimum Gasteiger partial charge on any atom is -0.483 e. The number of amides is 2. The van der Waals surface area contributed by atoms with Crippen molar-refractivity contribution in [2.45, 2.75) is 12.8 Å². The summed E-state index contributed by atoms with van der Waals surface area (Å²) < 4.78 is 9.97. The van der Waals surface area contributed by atoms with Crippen LogP contribution in [0.1, 0.15) is 12.8 Å². The molecule has 0 unspecified atom stereocenters. The van der Waals surface area contributed by atoms with Crippen LogP contribution < -0.4 is 20.9 Å². The Bertz CT molecular complexity index is 851. The van der Waals surface area contributed by atoms with Gasteiger partial charge in [0.1, 0.15) is 5.75 Å².